The van der Waals surface area contributed by atoms with Gasteiger partial charge in [-0.05, 0) is 71.5 Å². The van der Waals surface area contributed by atoms with E-state index in [1.165, 1.54) is 23.0 Å². The molecule has 0 saturated carbocycles. The number of rotatable bonds is 7. The van der Waals surface area contributed by atoms with Crippen molar-refractivity contribution in [3.05, 3.63) is 150 Å². The molecule has 7 rings (SSSR count). The zero-order chi connectivity index (χ0) is 30.2. The van der Waals surface area contributed by atoms with E-state index in [1.54, 1.807) is 38.5 Å². The highest BCUT2D eigenvalue weighted by molar-refractivity contribution is 7.07. The van der Waals surface area contributed by atoms with Crippen molar-refractivity contribution >= 4 is 23.1 Å². The lowest BCUT2D eigenvalue weighted by atomic mass is 9.83. The zero-order valence-electron chi connectivity index (χ0n) is 24.2. The fraction of sp³-hybridized carbons (Fsp3) is 0.167. The number of halogens is 1. The maximum absolute atomic E-state index is 14.1. The van der Waals surface area contributed by atoms with Crippen LogP contribution in [0.2, 0.25) is 0 Å². The summed E-state index contributed by atoms with van der Waals surface area (Å²) in [4.78, 5) is 19.9. The summed E-state index contributed by atoms with van der Waals surface area (Å²) >= 11 is 1.37. The van der Waals surface area contributed by atoms with Gasteiger partial charge in [-0.1, -0.05) is 72.0 Å². The average Bonchev–Trinajstić information content (AvgIpc) is 3.37. The van der Waals surface area contributed by atoms with Crippen molar-refractivity contribution in [1.29, 1.82) is 0 Å². The Morgan fingerprint density at radius 2 is 1.77 bits per heavy atom. The van der Waals surface area contributed by atoms with Gasteiger partial charge in [-0.25, -0.2) is 9.38 Å². The molecule has 1 atom stereocenters. The molecule has 1 aliphatic heterocycles. The van der Waals surface area contributed by atoms with Crippen LogP contribution in [0.3, 0.4) is 0 Å². The predicted octanol–water partition coefficient (Wildman–Crippen LogP) is 6.05. The smallest absolute Gasteiger partial charge is 0.271 e. The third kappa shape index (κ3) is 5.01. The van der Waals surface area contributed by atoms with E-state index in [0.717, 1.165) is 46.6 Å². The Labute approximate surface area is 257 Å². The second kappa shape index (κ2) is 11.6. The Balaban J connectivity index is 1.32. The van der Waals surface area contributed by atoms with Gasteiger partial charge < -0.3 is 14.2 Å². The van der Waals surface area contributed by atoms with Crippen LogP contribution in [-0.4, -0.2) is 18.8 Å². The van der Waals surface area contributed by atoms with Gasteiger partial charge >= 0.3 is 0 Å². The Morgan fingerprint density at radius 1 is 0.932 bits per heavy atom. The van der Waals surface area contributed by atoms with E-state index in [4.69, 9.17) is 19.2 Å². The van der Waals surface area contributed by atoms with Crippen molar-refractivity contribution < 1.29 is 18.6 Å². The van der Waals surface area contributed by atoms with Crippen molar-refractivity contribution in [2.75, 3.05) is 14.2 Å². The number of nitrogens with zero attached hydrogens (tertiary/aromatic N) is 2. The Hall–Kier alpha value is -4.95. The van der Waals surface area contributed by atoms with Crippen LogP contribution in [0.1, 0.15) is 40.3 Å². The molecule has 0 bridgehead atoms. The summed E-state index contributed by atoms with van der Waals surface area (Å²) in [6.45, 7) is 0.0685. The number of allylic oxidation sites excluding steroid dienone is 1. The number of benzene rings is 4. The SMILES string of the molecule is COc1cccc(C2C3=C(N=c4s/c(=C\c5ccc(OCc6ccccc6F)c(OC)c5)c(=O)n42)c2ccccc2CC3)c1. The average molecular weight is 605 g/mol. The summed E-state index contributed by atoms with van der Waals surface area (Å²) < 4.78 is 33.5. The minimum absolute atomic E-state index is 0.0685. The zero-order valence-corrected chi connectivity index (χ0v) is 25.1. The molecular weight excluding hydrogens is 575 g/mol. The summed E-state index contributed by atoms with van der Waals surface area (Å²) in [7, 11) is 3.20. The van der Waals surface area contributed by atoms with Gasteiger partial charge in [0.1, 0.15) is 18.2 Å². The molecule has 6 nitrogen and oxygen atoms in total. The van der Waals surface area contributed by atoms with Gasteiger partial charge in [0.05, 0.1) is 30.5 Å². The molecule has 0 spiro atoms. The lowest BCUT2D eigenvalue weighted by Crippen LogP contribution is -2.38. The molecule has 0 fully saturated rings. The largest absolute Gasteiger partial charge is 0.497 e. The Kier molecular flexibility index (Phi) is 7.36. The molecule has 0 N–H and O–H groups in total. The molecule has 1 aromatic heterocycles. The van der Waals surface area contributed by atoms with Crippen LogP contribution >= 0.6 is 11.3 Å². The maximum atomic E-state index is 14.1. The highest BCUT2D eigenvalue weighted by atomic mass is 32.1. The molecule has 220 valence electrons. The minimum Gasteiger partial charge on any atom is -0.497 e. The number of aromatic nitrogens is 1. The van der Waals surface area contributed by atoms with Gasteiger partial charge in [0, 0.05) is 11.1 Å². The Bertz CT molecular complexity index is 2110. The fourth-order valence-electron chi connectivity index (χ4n) is 5.95. The van der Waals surface area contributed by atoms with Crippen LogP contribution in [0.4, 0.5) is 4.39 Å². The molecule has 1 unspecified atom stereocenters. The van der Waals surface area contributed by atoms with Crippen molar-refractivity contribution in [3.8, 4) is 17.2 Å². The molecule has 2 aliphatic rings. The molecule has 0 amide bonds. The summed E-state index contributed by atoms with van der Waals surface area (Å²) in [5.74, 6) is 1.39. The fourth-order valence-corrected chi connectivity index (χ4v) is 6.95. The molecule has 2 heterocycles. The summed E-state index contributed by atoms with van der Waals surface area (Å²) in [6, 6.07) is 28.0. The van der Waals surface area contributed by atoms with Crippen LogP contribution in [-0.2, 0) is 13.0 Å². The number of fused-ring (bicyclic) bond motifs is 3. The molecule has 8 heteroatoms. The van der Waals surface area contributed by atoms with Crippen molar-refractivity contribution in [2.24, 2.45) is 4.99 Å². The number of methoxy groups -OCH3 is 2. The second-order valence-electron chi connectivity index (χ2n) is 10.7. The van der Waals surface area contributed by atoms with E-state index >= 15 is 0 Å². The molecule has 5 aromatic rings. The van der Waals surface area contributed by atoms with Gasteiger partial charge in [-0.2, -0.15) is 0 Å². The van der Waals surface area contributed by atoms with Gasteiger partial charge in [-0.15, -0.1) is 0 Å². The molecule has 1 aliphatic carbocycles. The first kappa shape index (κ1) is 27.9. The Morgan fingerprint density at radius 3 is 2.61 bits per heavy atom. The van der Waals surface area contributed by atoms with E-state index in [0.29, 0.717) is 26.4 Å². The van der Waals surface area contributed by atoms with E-state index in [9.17, 15) is 9.18 Å². The van der Waals surface area contributed by atoms with Crippen molar-refractivity contribution in [1.82, 2.24) is 4.57 Å². The van der Waals surface area contributed by atoms with Crippen LogP contribution in [0.25, 0.3) is 11.8 Å². The van der Waals surface area contributed by atoms with Crippen molar-refractivity contribution in [2.45, 2.75) is 25.5 Å². The topological polar surface area (TPSA) is 62.0 Å². The van der Waals surface area contributed by atoms with E-state index in [-0.39, 0.29) is 24.0 Å². The predicted molar refractivity (Wildman–Crippen MR) is 169 cm³/mol. The lowest BCUT2D eigenvalue weighted by molar-refractivity contribution is 0.279. The van der Waals surface area contributed by atoms with E-state index < -0.39 is 0 Å². The molecular formula is C36H29FN2O4S. The first-order valence-electron chi connectivity index (χ1n) is 14.4. The first-order valence-corrected chi connectivity index (χ1v) is 15.2. The number of hydrogen-bond acceptors (Lipinski definition) is 6. The monoisotopic (exact) mass is 604 g/mol. The number of thiazole rings is 1. The highest BCUT2D eigenvalue weighted by Gasteiger charge is 2.32. The minimum atomic E-state index is -0.323. The second-order valence-corrected chi connectivity index (χ2v) is 11.7. The van der Waals surface area contributed by atoms with Gasteiger partial charge in [-0.3, -0.25) is 9.36 Å². The maximum Gasteiger partial charge on any atom is 0.271 e. The summed E-state index contributed by atoms with van der Waals surface area (Å²) in [5, 5.41) is 0. The number of ether oxygens (including phenoxy) is 3. The van der Waals surface area contributed by atoms with Gasteiger partial charge in [0.15, 0.2) is 16.3 Å². The van der Waals surface area contributed by atoms with Crippen LogP contribution in [0.15, 0.2) is 106 Å². The lowest BCUT2D eigenvalue weighted by Gasteiger charge is -2.31. The highest BCUT2D eigenvalue weighted by Crippen LogP contribution is 2.41. The quantitative estimate of drug-likeness (QED) is 0.227. The standard InChI is InChI=1S/C36H29FN2O4S/c1-41-26-11-7-10-24(20-26)34-28-16-15-23-8-3-5-12-27(23)33(28)38-36-39(34)35(40)32(44-36)19-22-14-17-30(31(18-22)42-2)43-21-25-9-4-6-13-29(25)37/h3-14,17-20,34H,15-16,21H2,1-2H3/b32-19-. The normalized spacial score (nSPS) is 15.6. The van der Waals surface area contributed by atoms with E-state index in [1.807, 2.05) is 53.1 Å². The third-order valence-electron chi connectivity index (χ3n) is 8.11. The summed E-state index contributed by atoms with van der Waals surface area (Å²) in [6.07, 6.45) is 3.56. The number of hydrogen-bond donors (Lipinski definition) is 0. The van der Waals surface area contributed by atoms with Crippen molar-refractivity contribution in [3.63, 3.8) is 0 Å². The van der Waals surface area contributed by atoms with Gasteiger partial charge in [0.2, 0.25) is 0 Å². The molecule has 44 heavy (non-hydrogen) atoms. The third-order valence-corrected chi connectivity index (χ3v) is 9.09. The van der Waals surface area contributed by atoms with Crippen LogP contribution in [0.5, 0.6) is 17.2 Å². The molecule has 0 saturated heterocycles. The van der Waals surface area contributed by atoms with Crippen LogP contribution < -0.4 is 29.1 Å². The molecule has 4 aromatic carbocycles. The first-order chi connectivity index (χ1) is 21.5. The summed E-state index contributed by atoms with van der Waals surface area (Å²) in [5.41, 5.74) is 6.58. The van der Waals surface area contributed by atoms with Crippen LogP contribution in [0, 0.1) is 5.82 Å². The van der Waals surface area contributed by atoms with E-state index in [2.05, 4.69) is 18.2 Å². The molecule has 0 radical (unpaired) electrons. The van der Waals surface area contributed by atoms with Gasteiger partial charge in [0.25, 0.3) is 5.56 Å². The number of aryl methyl sites for hydroxylation is 1.